The zero-order chi connectivity index (χ0) is 20.2. The van der Waals surface area contributed by atoms with Gasteiger partial charge in [-0.3, -0.25) is 4.79 Å². The Bertz CT molecular complexity index is 843. The Labute approximate surface area is 171 Å². The molecular formula is C21H28N6O2. The topological polar surface area (TPSA) is 74.7 Å². The zero-order valence-corrected chi connectivity index (χ0v) is 17.2. The highest BCUT2D eigenvalue weighted by atomic mass is 16.5. The van der Waals surface area contributed by atoms with Crippen molar-refractivity contribution < 1.29 is 9.53 Å². The van der Waals surface area contributed by atoms with Gasteiger partial charge in [0.05, 0.1) is 12.7 Å². The first-order valence-corrected chi connectivity index (χ1v) is 10.3. The van der Waals surface area contributed by atoms with E-state index in [0.717, 1.165) is 43.6 Å². The molecule has 0 atom stereocenters. The maximum Gasteiger partial charge on any atom is 0.255 e. The predicted octanol–water partition coefficient (Wildman–Crippen LogP) is 2.14. The van der Waals surface area contributed by atoms with Crippen LogP contribution in [0.3, 0.4) is 0 Å². The van der Waals surface area contributed by atoms with Crippen LogP contribution in [0.25, 0.3) is 0 Å². The SMILES string of the molecule is COc1ccc(C(=O)N2CCN(c3cc(C)nc(N4CCCCC4)n3)CC2)cn1. The second-order valence-electron chi connectivity index (χ2n) is 7.58. The van der Waals surface area contributed by atoms with Gasteiger partial charge in [0, 0.05) is 63.3 Å². The van der Waals surface area contributed by atoms with Crippen LogP contribution in [0.2, 0.25) is 0 Å². The predicted molar refractivity (Wildman–Crippen MR) is 112 cm³/mol. The largest absolute Gasteiger partial charge is 0.481 e. The minimum Gasteiger partial charge on any atom is -0.481 e. The Morgan fingerprint density at radius 2 is 1.72 bits per heavy atom. The molecule has 0 N–H and O–H groups in total. The smallest absolute Gasteiger partial charge is 0.255 e. The molecule has 0 spiro atoms. The lowest BCUT2D eigenvalue weighted by molar-refractivity contribution is 0.0746. The molecule has 2 saturated heterocycles. The van der Waals surface area contributed by atoms with Crippen LogP contribution < -0.4 is 14.5 Å². The number of pyridine rings is 1. The minimum absolute atomic E-state index is 0.00711. The Morgan fingerprint density at radius 3 is 2.38 bits per heavy atom. The van der Waals surface area contributed by atoms with Crippen molar-refractivity contribution in [3.63, 3.8) is 0 Å². The summed E-state index contributed by atoms with van der Waals surface area (Å²) in [6.45, 7) is 6.91. The van der Waals surface area contributed by atoms with E-state index in [1.54, 1.807) is 25.4 Å². The number of hydrogen-bond acceptors (Lipinski definition) is 7. The standard InChI is InChI=1S/C21H28N6O2/c1-16-14-18(24-21(23-16)27-8-4-3-5-9-27)25-10-12-26(13-11-25)20(28)17-6-7-19(29-2)22-15-17/h6-7,14-15H,3-5,8-13H2,1-2H3. The monoisotopic (exact) mass is 396 g/mol. The van der Waals surface area contributed by atoms with Gasteiger partial charge in [0.2, 0.25) is 11.8 Å². The first-order chi connectivity index (χ1) is 14.1. The average Bonchev–Trinajstić information content (AvgIpc) is 2.79. The van der Waals surface area contributed by atoms with Crippen LogP contribution in [0.5, 0.6) is 5.88 Å². The molecule has 0 saturated carbocycles. The van der Waals surface area contributed by atoms with E-state index in [0.29, 0.717) is 24.5 Å². The van der Waals surface area contributed by atoms with Gasteiger partial charge in [-0.15, -0.1) is 0 Å². The molecule has 4 rings (SSSR count). The van der Waals surface area contributed by atoms with E-state index in [-0.39, 0.29) is 5.91 Å². The lowest BCUT2D eigenvalue weighted by atomic mass is 10.1. The van der Waals surface area contributed by atoms with Crippen LogP contribution in [0.15, 0.2) is 24.4 Å². The fourth-order valence-corrected chi connectivity index (χ4v) is 3.88. The number of rotatable bonds is 4. The maximum absolute atomic E-state index is 12.8. The summed E-state index contributed by atoms with van der Waals surface area (Å²) in [5.74, 6) is 2.31. The summed E-state index contributed by atoms with van der Waals surface area (Å²) in [4.78, 5) is 32.8. The summed E-state index contributed by atoms with van der Waals surface area (Å²) in [5, 5.41) is 0. The van der Waals surface area contributed by atoms with Gasteiger partial charge in [-0.25, -0.2) is 9.97 Å². The summed E-state index contributed by atoms with van der Waals surface area (Å²) < 4.78 is 5.06. The summed E-state index contributed by atoms with van der Waals surface area (Å²) in [6.07, 6.45) is 5.27. The third kappa shape index (κ3) is 4.41. The summed E-state index contributed by atoms with van der Waals surface area (Å²) >= 11 is 0. The first kappa shape index (κ1) is 19.4. The van der Waals surface area contributed by atoms with Crippen LogP contribution in [0.1, 0.15) is 35.3 Å². The third-order valence-electron chi connectivity index (χ3n) is 5.55. The van der Waals surface area contributed by atoms with Crippen molar-refractivity contribution in [2.24, 2.45) is 0 Å². The highest BCUT2D eigenvalue weighted by molar-refractivity contribution is 5.94. The van der Waals surface area contributed by atoms with E-state index in [9.17, 15) is 4.79 Å². The summed E-state index contributed by atoms with van der Waals surface area (Å²) in [6, 6.07) is 5.52. The van der Waals surface area contributed by atoms with Crippen molar-refractivity contribution in [3.8, 4) is 5.88 Å². The molecule has 2 fully saturated rings. The van der Waals surface area contributed by atoms with Gasteiger partial charge in [-0.1, -0.05) is 0 Å². The van der Waals surface area contributed by atoms with Gasteiger partial charge in [-0.2, -0.15) is 4.98 Å². The number of hydrogen-bond donors (Lipinski definition) is 0. The molecule has 0 unspecified atom stereocenters. The Morgan fingerprint density at radius 1 is 0.966 bits per heavy atom. The van der Waals surface area contributed by atoms with Crippen LogP contribution in [0.4, 0.5) is 11.8 Å². The number of carbonyl (C=O) groups is 1. The molecule has 2 aromatic rings. The fraction of sp³-hybridized carbons (Fsp3) is 0.524. The van der Waals surface area contributed by atoms with Crippen molar-refractivity contribution in [1.29, 1.82) is 0 Å². The van der Waals surface area contributed by atoms with E-state index >= 15 is 0 Å². The molecule has 2 aromatic heterocycles. The van der Waals surface area contributed by atoms with Gasteiger partial charge in [0.25, 0.3) is 5.91 Å². The van der Waals surface area contributed by atoms with Gasteiger partial charge in [0.15, 0.2) is 0 Å². The Hall–Kier alpha value is -2.90. The molecule has 29 heavy (non-hydrogen) atoms. The van der Waals surface area contributed by atoms with Crippen LogP contribution in [-0.4, -0.2) is 72.1 Å². The molecule has 2 aliphatic rings. The number of aromatic nitrogens is 3. The van der Waals surface area contributed by atoms with E-state index < -0.39 is 0 Å². The number of anilines is 2. The third-order valence-corrected chi connectivity index (χ3v) is 5.55. The van der Waals surface area contributed by atoms with Crippen LogP contribution in [0, 0.1) is 6.92 Å². The van der Waals surface area contributed by atoms with Crippen molar-refractivity contribution in [2.45, 2.75) is 26.2 Å². The van der Waals surface area contributed by atoms with Gasteiger partial charge in [0.1, 0.15) is 5.82 Å². The number of nitrogens with zero attached hydrogens (tertiary/aromatic N) is 6. The van der Waals surface area contributed by atoms with E-state index in [2.05, 4.69) is 19.8 Å². The second-order valence-corrected chi connectivity index (χ2v) is 7.58. The van der Waals surface area contributed by atoms with E-state index in [1.807, 2.05) is 17.9 Å². The van der Waals surface area contributed by atoms with Crippen LogP contribution >= 0.6 is 0 Å². The molecular weight excluding hydrogens is 368 g/mol. The van der Waals surface area contributed by atoms with Gasteiger partial charge in [-0.05, 0) is 32.3 Å². The highest BCUT2D eigenvalue weighted by Crippen LogP contribution is 2.22. The summed E-state index contributed by atoms with van der Waals surface area (Å²) in [5.41, 5.74) is 1.57. The lowest BCUT2D eigenvalue weighted by Gasteiger charge is -2.36. The number of amides is 1. The molecule has 8 heteroatoms. The normalized spacial score (nSPS) is 17.4. The van der Waals surface area contributed by atoms with Gasteiger partial charge < -0.3 is 19.4 Å². The number of carbonyl (C=O) groups excluding carboxylic acids is 1. The van der Waals surface area contributed by atoms with Crippen molar-refractivity contribution in [2.75, 3.05) is 56.2 Å². The molecule has 8 nitrogen and oxygen atoms in total. The fourth-order valence-electron chi connectivity index (χ4n) is 3.88. The maximum atomic E-state index is 12.8. The summed E-state index contributed by atoms with van der Waals surface area (Å²) in [7, 11) is 1.56. The second kappa shape index (κ2) is 8.63. The van der Waals surface area contributed by atoms with E-state index in [1.165, 1.54) is 19.3 Å². The molecule has 2 aliphatic heterocycles. The van der Waals surface area contributed by atoms with Crippen molar-refractivity contribution in [3.05, 3.63) is 35.7 Å². The number of piperazine rings is 1. The molecule has 0 radical (unpaired) electrons. The number of aryl methyl sites for hydroxylation is 1. The first-order valence-electron chi connectivity index (χ1n) is 10.3. The Kier molecular flexibility index (Phi) is 5.78. The van der Waals surface area contributed by atoms with Crippen molar-refractivity contribution in [1.82, 2.24) is 19.9 Å². The van der Waals surface area contributed by atoms with E-state index in [4.69, 9.17) is 9.72 Å². The average molecular weight is 396 g/mol. The number of ether oxygens (including phenoxy) is 1. The Balaban J connectivity index is 1.41. The molecule has 0 bridgehead atoms. The molecule has 154 valence electrons. The zero-order valence-electron chi connectivity index (χ0n) is 17.2. The number of methoxy groups -OCH3 is 1. The molecule has 4 heterocycles. The van der Waals surface area contributed by atoms with Gasteiger partial charge >= 0.3 is 0 Å². The van der Waals surface area contributed by atoms with Crippen molar-refractivity contribution >= 4 is 17.7 Å². The highest BCUT2D eigenvalue weighted by Gasteiger charge is 2.24. The lowest BCUT2D eigenvalue weighted by Crippen LogP contribution is -2.49. The quantitative estimate of drug-likeness (QED) is 0.784. The minimum atomic E-state index is 0.00711. The molecule has 0 aromatic carbocycles. The number of piperidine rings is 1. The molecule has 0 aliphatic carbocycles. The van der Waals surface area contributed by atoms with Crippen LogP contribution in [-0.2, 0) is 0 Å². The molecule has 1 amide bonds.